The van der Waals surface area contributed by atoms with Gasteiger partial charge in [-0.1, -0.05) is 0 Å². The number of ether oxygens (including phenoxy) is 1. The van der Waals surface area contributed by atoms with E-state index < -0.39 is 22.2 Å². The quantitative estimate of drug-likeness (QED) is 0.592. The first kappa shape index (κ1) is 11.4. The highest BCUT2D eigenvalue weighted by atomic mass is 32.2. The Labute approximate surface area is 83.2 Å². The minimum absolute atomic E-state index is 0.0253. The number of carbonyl (C=O) groups excluding carboxylic acids is 1. The van der Waals surface area contributed by atoms with E-state index in [1.807, 2.05) is 0 Å². The van der Waals surface area contributed by atoms with Gasteiger partial charge in [0, 0.05) is 6.04 Å². The van der Waals surface area contributed by atoms with Crippen molar-refractivity contribution in [3.05, 3.63) is 0 Å². The normalized spacial score (nSPS) is 19.0. The molecule has 82 valence electrons. The second kappa shape index (κ2) is 4.24. The lowest BCUT2D eigenvalue weighted by Crippen LogP contribution is -2.45. The Morgan fingerprint density at radius 1 is 1.50 bits per heavy atom. The maximum absolute atomic E-state index is 11.3. The van der Waals surface area contributed by atoms with Gasteiger partial charge < -0.3 is 4.74 Å². The summed E-state index contributed by atoms with van der Waals surface area (Å²) in [5.41, 5.74) is 0. The molecule has 0 aliphatic heterocycles. The fraction of sp³-hybridized carbons (Fsp3) is 0.857. The van der Waals surface area contributed by atoms with Crippen LogP contribution >= 0.6 is 0 Å². The number of esters is 1. The molecule has 6 nitrogen and oxygen atoms in total. The van der Waals surface area contributed by atoms with Gasteiger partial charge in [-0.05, 0) is 19.8 Å². The SMILES string of the molecule is COC(=O)C(C)NS(=O)(=O)NC1CC1. The molecule has 0 heterocycles. The summed E-state index contributed by atoms with van der Waals surface area (Å²) in [6.45, 7) is 1.43. The van der Waals surface area contributed by atoms with E-state index in [1.165, 1.54) is 14.0 Å². The number of hydrogen-bond donors (Lipinski definition) is 2. The molecule has 1 unspecified atom stereocenters. The largest absolute Gasteiger partial charge is 0.468 e. The monoisotopic (exact) mass is 222 g/mol. The minimum Gasteiger partial charge on any atom is -0.468 e. The van der Waals surface area contributed by atoms with Crippen LogP contribution in [0, 0.1) is 0 Å². The van der Waals surface area contributed by atoms with Crippen LogP contribution in [0.1, 0.15) is 19.8 Å². The predicted molar refractivity (Wildman–Crippen MR) is 49.7 cm³/mol. The van der Waals surface area contributed by atoms with E-state index in [-0.39, 0.29) is 6.04 Å². The summed E-state index contributed by atoms with van der Waals surface area (Å²) in [7, 11) is -2.36. The van der Waals surface area contributed by atoms with Crippen molar-refractivity contribution in [2.45, 2.75) is 31.8 Å². The van der Waals surface area contributed by atoms with Crippen LogP contribution in [0.5, 0.6) is 0 Å². The van der Waals surface area contributed by atoms with Gasteiger partial charge in [0.25, 0.3) is 10.2 Å². The summed E-state index contributed by atoms with van der Waals surface area (Å²) < 4.78 is 31.5. The van der Waals surface area contributed by atoms with Crippen molar-refractivity contribution >= 4 is 16.2 Å². The molecule has 7 heteroatoms. The molecule has 0 spiro atoms. The molecular weight excluding hydrogens is 208 g/mol. The van der Waals surface area contributed by atoms with E-state index in [2.05, 4.69) is 14.2 Å². The number of methoxy groups -OCH3 is 1. The summed E-state index contributed by atoms with van der Waals surface area (Å²) >= 11 is 0. The molecule has 1 aliphatic carbocycles. The van der Waals surface area contributed by atoms with Gasteiger partial charge in [0.1, 0.15) is 6.04 Å². The van der Waals surface area contributed by atoms with Crippen LogP contribution < -0.4 is 9.44 Å². The molecule has 1 saturated carbocycles. The predicted octanol–water partition coefficient (Wildman–Crippen LogP) is -0.866. The summed E-state index contributed by atoms with van der Waals surface area (Å²) in [5, 5.41) is 0. The van der Waals surface area contributed by atoms with E-state index in [4.69, 9.17) is 0 Å². The van der Waals surface area contributed by atoms with Crippen molar-refractivity contribution in [2.24, 2.45) is 0 Å². The molecule has 1 aliphatic rings. The number of nitrogens with one attached hydrogen (secondary N) is 2. The second-order valence-electron chi connectivity index (χ2n) is 3.26. The van der Waals surface area contributed by atoms with E-state index >= 15 is 0 Å². The fourth-order valence-electron chi connectivity index (χ4n) is 0.912. The Kier molecular flexibility index (Phi) is 3.46. The molecule has 14 heavy (non-hydrogen) atoms. The van der Waals surface area contributed by atoms with Crippen LogP contribution in [0.2, 0.25) is 0 Å². The third-order valence-corrected chi connectivity index (χ3v) is 3.09. The Hall–Kier alpha value is -0.660. The van der Waals surface area contributed by atoms with Gasteiger partial charge in [0.15, 0.2) is 0 Å². The average molecular weight is 222 g/mol. The molecule has 0 aromatic heterocycles. The lowest BCUT2D eigenvalue weighted by atomic mass is 10.4. The van der Waals surface area contributed by atoms with Crippen LogP contribution in [0.3, 0.4) is 0 Å². The molecular formula is C7H14N2O4S. The summed E-state index contributed by atoms with van der Waals surface area (Å²) in [5.74, 6) is -0.605. The van der Waals surface area contributed by atoms with Gasteiger partial charge in [-0.15, -0.1) is 0 Å². The highest BCUT2D eigenvalue weighted by Crippen LogP contribution is 2.19. The van der Waals surface area contributed by atoms with E-state index in [1.54, 1.807) is 0 Å². The Morgan fingerprint density at radius 3 is 2.50 bits per heavy atom. The van der Waals surface area contributed by atoms with Gasteiger partial charge in [-0.3, -0.25) is 4.79 Å². The zero-order valence-corrected chi connectivity index (χ0v) is 8.93. The fourth-order valence-corrected chi connectivity index (χ4v) is 2.22. The smallest absolute Gasteiger partial charge is 0.323 e. The van der Waals surface area contributed by atoms with E-state index in [0.717, 1.165) is 12.8 Å². The molecule has 0 amide bonds. The molecule has 1 rings (SSSR count). The third kappa shape index (κ3) is 3.60. The lowest BCUT2D eigenvalue weighted by molar-refractivity contribution is -0.142. The molecule has 0 aromatic rings. The minimum atomic E-state index is -3.57. The number of carbonyl (C=O) groups is 1. The topological polar surface area (TPSA) is 84.5 Å². The average Bonchev–Trinajstić information content (AvgIpc) is 2.84. The first-order valence-electron chi connectivity index (χ1n) is 4.32. The highest BCUT2D eigenvalue weighted by molar-refractivity contribution is 7.87. The van der Waals surface area contributed by atoms with Crippen molar-refractivity contribution in [3.63, 3.8) is 0 Å². The summed E-state index contributed by atoms with van der Waals surface area (Å²) in [6.07, 6.45) is 1.71. The second-order valence-corrected chi connectivity index (χ2v) is 4.74. The Morgan fingerprint density at radius 2 is 2.07 bits per heavy atom. The van der Waals surface area contributed by atoms with Crippen LogP contribution in [0.15, 0.2) is 0 Å². The highest BCUT2D eigenvalue weighted by Gasteiger charge is 2.29. The Balaban J connectivity index is 2.44. The van der Waals surface area contributed by atoms with Crippen LogP contribution in [-0.4, -0.2) is 33.6 Å². The molecule has 0 aromatic carbocycles. The zero-order chi connectivity index (χ0) is 10.8. The van der Waals surface area contributed by atoms with E-state index in [0.29, 0.717) is 0 Å². The molecule has 0 radical (unpaired) electrons. The number of hydrogen-bond acceptors (Lipinski definition) is 4. The van der Waals surface area contributed by atoms with Gasteiger partial charge in [-0.2, -0.15) is 17.9 Å². The number of rotatable bonds is 5. The van der Waals surface area contributed by atoms with Crippen molar-refractivity contribution in [2.75, 3.05) is 7.11 Å². The molecule has 0 bridgehead atoms. The van der Waals surface area contributed by atoms with Crippen molar-refractivity contribution in [3.8, 4) is 0 Å². The van der Waals surface area contributed by atoms with Crippen molar-refractivity contribution < 1.29 is 17.9 Å². The summed E-state index contributed by atoms with van der Waals surface area (Å²) in [6, 6.07) is -0.839. The van der Waals surface area contributed by atoms with Crippen LogP contribution in [0.25, 0.3) is 0 Å². The maximum atomic E-state index is 11.3. The maximum Gasteiger partial charge on any atom is 0.323 e. The first-order chi connectivity index (χ1) is 6.44. The molecule has 2 N–H and O–H groups in total. The van der Waals surface area contributed by atoms with Crippen LogP contribution in [0.4, 0.5) is 0 Å². The zero-order valence-electron chi connectivity index (χ0n) is 8.11. The molecule has 1 atom stereocenters. The lowest BCUT2D eigenvalue weighted by Gasteiger charge is -2.12. The molecule has 1 fully saturated rings. The van der Waals surface area contributed by atoms with Gasteiger partial charge in [0.05, 0.1) is 7.11 Å². The van der Waals surface area contributed by atoms with Crippen molar-refractivity contribution in [1.29, 1.82) is 0 Å². The Bertz CT molecular complexity index is 310. The molecule has 0 saturated heterocycles. The van der Waals surface area contributed by atoms with Gasteiger partial charge >= 0.3 is 5.97 Å². The standard InChI is InChI=1S/C7H14N2O4S/c1-5(7(10)13-2)8-14(11,12)9-6-3-4-6/h5-6,8-9H,3-4H2,1-2H3. The first-order valence-corrected chi connectivity index (χ1v) is 5.80. The summed E-state index contributed by atoms with van der Waals surface area (Å²) in [4.78, 5) is 10.9. The van der Waals surface area contributed by atoms with Gasteiger partial charge in [0.2, 0.25) is 0 Å². The van der Waals surface area contributed by atoms with Crippen molar-refractivity contribution in [1.82, 2.24) is 9.44 Å². The third-order valence-electron chi connectivity index (χ3n) is 1.79. The van der Waals surface area contributed by atoms with Gasteiger partial charge in [-0.25, -0.2) is 0 Å². The van der Waals surface area contributed by atoms with Crippen LogP contribution in [-0.2, 0) is 19.7 Å². The van der Waals surface area contributed by atoms with E-state index in [9.17, 15) is 13.2 Å².